The topological polar surface area (TPSA) is 72.1 Å². The van der Waals surface area contributed by atoms with E-state index in [2.05, 4.69) is 9.97 Å². The lowest BCUT2D eigenvalue weighted by molar-refractivity contribution is 0.0524. The zero-order valence-corrected chi connectivity index (χ0v) is 12.1. The van der Waals surface area contributed by atoms with Gasteiger partial charge in [-0.1, -0.05) is 0 Å². The molecule has 0 radical (unpaired) electrons. The fourth-order valence-corrected chi connectivity index (χ4v) is 3.06. The first-order valence-corrected chi connectivity index (χ1v) is 7.25. The summed E-state index contributed by atoms with van der Waals surface area (Å²) in [5, 5.41) is 0.498. The fraction of sp³-hybridized carbons (Fsp3) is 0.133. The van der Waals surface area contributed by atoms with E-state index in [1.165, 1.54) is 17.5 Å². The van der Waals surface area contributed by atoms with Crippen molar-refractivity contribution in [3.8, 4) is 10.4 Å². The van der Waals surface area contributed by atoms with Crippen LogP contribution in [0.5, 0.6) is 0 Å². The molecule has 0 spiro atoms. The third-order valence-corrected chi connectivity index (χ3v) is 4.14. The van der Waals surface area contributed by atoms with E-state index < -0.39 is 5.97 Å². The molecule has 0 bridgehead atoms. The molecule has 106 valence electrons. The summed E-state index contributed by atoms with van der Waals surface area (Å²) >= 11 is 1.46. The minimum atomic E-state index is -0.600. The Kier molecular flexibility index (Phi) is 3.53. The minimum Gasteiger partial charge on any atom is -0.462 e. The number of aromatic amines is 1. The molecule has 0 saturated heterocycles. The van der Waals surface area contributed by atoms with Gasteiger partial charge in [0.1, 0.15) is 10.4 Å². The van der Waals surface area contributed by atoms with Crippen LogP contribution in [0.3, 0.4) is 0 Å². The average molecular weight is 300 g/mol. The molecule has 0 atom stereocenters. The van der Waals surface area contributed by atoms with Crippen molar-refractivity contribution in [3.05, 3.63) is 52.6 Å². The number of carbonyl (C=O) groups is 1. The van der Waals surface area contributed by atoms with Gasteiger partial charge in [0.25, 0.3) is 0 Å². The molecule has 0 aromatic carbocycles. The van der Waals surface area contributed by atoms with Gasteiger partial charge in [-0.05, 0) is 30.7 Å². The number of hydrogen-bond acceptors (Lipinski definition) is 5. The minimum absolute atomic E-state index is 0.0310. The maximum atomic E-state index is 12.4. The van der Waals surface area contributed by atoms with Crippen LogP contribution in [0, 0.1) is 0 Å². The average Bonchev–Trinajstić information content (AvgIpc) is 2.94. The van der Waals surface area contributed by atoms with Crippen LogP contribution >= 0.6 is 11.3 Å². The second-order valence-corrected chi connectivity index (χ2v) is 5.39. The number of nitrogens with zero attached hydrogens (tertiary/aromatic N) is 1. The van der Waals surface area contributed by atoms with Gasteiger partial charge in [-0.3, -0.25) is 9.78 Å². The van der Waals surface area contributed by atoms with Crippen molar-refractivity contribution in [2.24, 2.45) is 0 Å². The van der Waals surface area contributed by atoms with Crippen molar-refractivity contribution in [2.75, 3.05) is 6.61 Å². The van der Waals surface area contributed by atoms with Gasteiger partial charge in [0.05, 0.1) is 12.0 Å². The van der Waals surface area contributed by atoms with Gasteiger partial charge in [-0.15, -0.1) is 11.3 Å². The largest absolute Gasteiger partial charge is 0.462 e. The molecule has 0 aliphatic carbocycles. The number of nitrogens with one attached hydrogen (secondary N) is 1. The van der Waals surface area contributed by atoms with Crippen LogP contribution in [-0.4, -0.2) is 22.5 Å². The van der Waals surface area contributed by atoms with E-state index in [9.17, 15) is 9.59 Å². The molecule has 0 fully saturated rings. The maximum Gasteiger partial charge on any atom is 0.343 e. The standard InChI is InChI=1S/C15H12N2O3S/c1-2-20-15(19)11-8-17-14-10(13(11)18)7-12(21-14)9-3-5-16-6-4-9/h3-8H,2H2,1H3,(H,17,18). The molecular weight excluding hydrogens is 288 g/mol. The highest BCUT2D eigenvalue weighted by atomic mass is 32.1. The van der Waals surface area contributed by atoms with E-state index in [4.69, 9.17) is 4.74 Å². The highest BCUT2D eigenvalue weighted by molar-refractivity contribution is 7.21. The Labute approximate surface area is 124 Å². The number of aromatic nitrogens is 2. The first kappa shape index (κ1) is 13.5. The molecule has 5 nitrogen and oxygen atoms in total. The molecule has 0 saturated carbocycles. The molecule has 3 heterocycles. The second-order valence-electron chi connectivity index (χ2n) is 4.34. The smallest absolute Gasteiger partial charge is 0.343 e. The van der Waals surface area contributed by atoms with Crippen molar-refractivity contribution < 1.29 is 9.53 Å². The molecule has 1 N–H and O–H groups in total. The summed E-state index contributed by atoms with van der Waals surface area (Å²) in [7, 11) is 0. The summed E-state index contributed by atoms with van der Waals surface area (Å²) in [6.07, 6.45) is 4.81. The number of esters is 1. The molecule has 3 aromatic heterocycles. The van der Waals surface area contributed by atoms with Gasteiger partial charge >= 0.3 is 5.97 Å². The zero-order chi connectivity index (χ0) is 14.8. The first-order valence-electron chi connectivity index (χ1n) is 6.43. The molecule has 3 rings (SSSR count). The summed E-state index contributed by atoms with van der Waals surface area (Å²) < 4.78 is 4.89. The number of rotatable bonds is 3. The van der Waals surface area contributed by atoms with Crippen molar-refractivity contribution in [2.45, 2.75) is 6.92 Å². The van der Waals surface area contributed by atoms with E-state index in [-0.39, 0.29) is 17.6 Å². The third kappa shape index (κ3) is 2.45. The molecule has 0 aliphatic rings. The van der Waals surface area contributed by atoms with E-state index in [0.29, 0.717) is 5.39 Å². The number of ether oxygens (including phenoxy) is 1. The second kappa shape index (κ2) is 5.49. The normalized spacial score (nSPS) is 10.7. The van der Waals surface area contributed by atoms with Gasteiger partial charge in [0, 0.05) is 23.5 Å². The van der Waals surface area contributed by atoms with Gasteiger partial charge in [-0.2, -0.15) is 0 Å². The molecule has 3 aromatic rings. The Hall–Kier alpha value is -2.47. The summed E-state index contributed by atoms with van der Waals surface area (Å²) in [5.74, 6) is -0.600. The van der Waals surface area contributed by atoms with Gasteiger partial charge in [-0.25, -0.2) is 4.79 Å². The Morgan fingerprint density at radius 1 is 1.38 bits per heavy atom. The molecule has 21 heavy (non-hydrogen) atoms. The lowest BCUT2D eigenvalue weighted by Gasteiger charge is -2.00. The lowest BCUT2D eigenvalue weighted by atomic mass is 10.2. The predicted octanol–water partition coefficient (Wildman–Crippen LogP) is 2.83. The van der Waals surface area contributed by atoms with Crippen LogP contribution < -0.4 is 5.43 Å². The molecule has 0 aliphatic heterocycles. The van der Waals surface area contributed by atoms with Gasteiger partial charge < -0.3 is 9.72 Å². The summed E-state index contributed by atoms with van der Waals surface area (Å²) in [6, 6.07) is 5.54. The Balaban J connectivity index is 2.13. The number of pyridine rings is 2. The van der Waals surface area contributed by atoms with Crippen LogP contribution in [0.4, 0.5) is 0 Å². The summed E-state index contributed by atoms with van der Waals surface area (Å²) in [5.41, 5.74) is 0.707. The third-order valence-electron chi connectivity index (χ3n) is 3.03. The summed E-state index contributed by atoms with van der Waals surface area (Å²) in [6.45, 7) is 1.94. The van der Waals surface area contributed by atoms with Crippen molar-refractivity contribution in [1.82, 2.24) is 9.97 Å². The lowest BCUT2D eigenvalue weighted by Crippen LogP contribution is -2.17. The highest BCUT2D eigenvalue weighted by Gasteiger charge is 2.16. The van der Waals surface area contributed by atoms with Gasteiger partial charge in [0.15, 0.2) is 0 Å². The van der Waals surface area contributed by atoms with E-state index in [0.717, 1.165) is 15.3 Å². The SMILES string of the molecule is CCOC(=O)c1c[nH]c2sc(-c3ccncc3)cc2c1=O. The van der Waals surface area contributed by atoms with Crippen LogP contribution in [0.1, 0.15) is 17.3 Å². The zero-order valence-electron chi connectivity index (χ0n) is 11.3. The predicted molar refractivity (Wildman–Crippen MR) is 81.6 cm³/mol. The summed E-state index contributed by atoms with van der Waals surface area (Å²) in [4.78, 5) is 32.7. The Bertz CT molecular complexity index is 852. The van der Waals surface area contributed by atoms with Crippen LogP contribution in [0.25, 0.3) is 20.7 Å². The highest BCUT2D eigenvalue weighted by Crippen LogP contribution is 2.30. The Morgan fingerprint density at radius 3 is 2.86 bits per heavy atom. The van der Waals surface area contributed by atoms with Crippen molar-refractivity contribution in [3.63, 3.8) is 0 Å². The monoisotopic (exact) mass is 300 g/mol. The molecule has 6 heteroatoms. The molecule has 0 amide bonds. The van der Waals surface area contributed by atoms with E-state index in [1.54, 1.807) is 25.4 Å². The molecule has 0 unspecified atom stereocenters. The van der Waals surface area contributed by atoms with Crippen molar-refractivity contribution in [1.29, 1.82) is 0 Å². The first-order chi connectivity index (χ1) is 10.2. The number of fused-ring (bicyclic) bond motifs is 1. The number of thiophene rings is 1. The van der Waals surface area contributed by atoms with E-state index >= 15 is 0 Å². The van der Waals surface area contributed by atoms with Crippen LogP contribution in [-0.2, 0) is 4.74 Å². The van der Waals surface area contributed by atoms with Crippen LogP contribution in [0.2, 0.25) is 0 Å². The number of H-pyrrole nitrogens is 1. The van der Waals surface area contributed by atoms with Gasteiger partial charge in [0.2, 0.25) is 5.43 Å². The molecular formula is C15H12N2O3S. The van der Waals surface area contributed by atoms with E-state index in [1.807, 2.05) is 12.1 Å². The Morgan fingerprint density at radius 2 is 2.14 bits per heavy atom. The fourth-order valence-electron chi connectivity index (χ4n) is 2.03. The maximum absolute atomic E-state index is 12.4. The van der Waals surface area contributed by atoms with Crippen LogP contribution in [0.15, 0.2) is 41.6 Å². The van der Waals surface area contributed by atoms with Crippen molar-refractivity contribution >= 4 is 27.5 Å². The number of carbonyl (C=O) groups excluding carboxylic acids is 1. The quantitative estimate of drug-likeness (QED) is 0.755. The number of hydrogen-bond donors (Lipinski definition) is 1.